The molecule has 0 spiro atoms. The molecule has 0 aromatic rings. The molecule has 0 aromatic heterocycles. The predicted molar refractivity (Wildman–Crippen MR) is 105 cm³/mol. The van der Waals surface area contributed by atoms with E-state index in [0.717, 1.165) is 32.4 Å². The van der Waals surface area contributed by atoms with Crippen molar-refractivity contribution < 1.29 is 42.9 Å². The Morgan fingerprint density at radius 3 is 1.87 bits per heavy atom. The van der Waals surface area contributed by atoms with Gasteiger partial charge in [-0.2, -0.15) is 0 Å². The number of carbonyl (C=O) groups is 4. The van der Waals surface area contributed by atoms with Gasteiger partial charge < -0.3 is 23.7 Å². The summed E-state index contributed by atoms with van der Waals surface area (Å²) >= 11 is 1.34. The van der Waals surface area contributed by atoms with Crippen molar-refractivity contribution in [2.45, 2.75) is 76.8 Å². The van der Waals surface area contributed by atoms with Crippen LogP contribution in [0, 0.1) is 0 Å². The van der Waals surface area contributed by atoms with Crippen molar-refractivity contribution in [1.82, 2.24) is 4.31 Å². The van der Waals surface area contributed by atoms with Crippen LogP contribution >= 0.6 is 11.9 Å². The van der Waals surface area contributed by atoms with Crippen LogP contribution < -0.4 is 0 Å². The molecule has 11 heteroatoms. The molecule has 0 radical (unpaired) electrons. The lowest BCUT2D eigenvalue weighted by atomic mass is 9.99. The maximum atomic E-state index is 11.8. The molecule has 10 nitrogen and oxygen atoms in total. The van der Waals surface area contributed by atoms with Gasteiger partial charge in [-0.3, -0.25) is 19.2 Å². The number of esters is 4. The molecular weight excluding hydrogens is 418 g/mol. The first kappa shape index (κ1) is 24.4. The molecule has 2 rings (SSSR count). The summed E-state index contributed by atoms with van der Waals surface area (Å²) in [5.74, 6) is -2.40. The van der Waals surface area contributed by atoms with Gasteiger partial charge in [-0.15, -0.1) is 0 Å². The van der Waals surface area contributed by atoms with E-state index in [1.165, 1.54) is 39.6 Å². The average molecular weight is 448 g/mol. The van der Waals surface area contributed by atoms with Gasteiger partial charge in [0, 0.05) is 40.8 Å². The number of rotatable bonds is 7. The summed E-state index contributed by atoms with van der Waals surface area (Å²) in [6.45, 7) is 6.33. The second-order valence-corrected chi connectivity index (χ2v) is 8.35. The molecule has 0 amide bonds. The molecule has 0 N–H and O–H groups in total. The van der Waals surface area contributed by atoms with Gasteiger partial charge in [0.2, 0.25) is 0 Å². The van der Waals surface area contributed by atoms with Crippen LogP contribution in [-0.2, 0) is 42.9 Å². The van der Waals surface area contributed by atoms with Crippen molar-refractivity contribution in [3.63, 3.8) is 0 Å². The average Bonchev–Trinajstić information content (AvgIpc) is 2.64. The highest BCUT2D eigenvalue weighted by atomic mass is 32.2. The highest BCUT2D eigenvalue weighted by Crippen LogP contribution is 2.36. The van der Waals surface area contributed by atoms with Crippen LogP contribution in [0.3, 0.4) is 0 Å². The Bertz CT molecular complexity index is 637. The Balaban J connectivity index is 2.34. The molecule has 2 heterocycles. The number of nitrogens with zero attached hydrogens (tertiary/aromatic N) is 1. The van der Waals surface area contributed by atoms with Crippen LogP contribution in [0.25, 0.3) is 0 Å². The summed E-state index contributed by atoms with van der Waals surface area (Å²) in [7, 11) is 0. The Labute approximate surface area is 180 Å². The van der Waals surface area contributed by atoms with Crippen LogP contribution in [0.2, 0.25) is 0 Å². The fourth-order valence-electron chi connectivity index (χ4n) is 3.39. The first-order valence-electron chi connectivity index (χ1n) is 9.89. The Kier molecular flexibility index (Phi) is 9.37. The molecule has 5 atom stereocenters. The van der Waals surface area contributed by atoms with Gasteiger partial charge in [0.1, 0.15) is 12.7 Å². The first-order chi connectivity index (χ1) is 14.2. The van der Waals surface area contributed by atoms with Crippen molar-refractivity contribution in [2.75, 3.05) is 19.7 Å². The van der Waals surface area contributed by atoms with Crippen LogP contribution in [0.1, 0.15) is 47.0 Å². The van der Waals surface area contributed by atoms with E-state index < -0.39 is 53.7 Å². The summed E-state index contributed by atoms with van der Waals surface area (Å²) in [5.41, 5.74) is -0.747. The third kappa shape index (κ3) is 7.44. The zero-order chi connectivity index (χ0) is 22.3. The summed E-state index contributed by atoms with van der Waals surface area (Å²) in [5, 5.41) is 0. The topological polar surface area (TPSA) is 118 Å². The fourth-order valence-corrected chi connectivity index (χ4v) is 4.68. The number of piperidine rings is 1. The van der Waals surface area contributed by atoms with Gasteiger partial charge in [0.25, 0.3) is 0 Å². The minimum absolute atomic E-state index is 0.213. The van der Waals surface area contributed by atoms with Gasteiger partial charge in [0.15, 0.2) is 23.7 Å². The zero-order valence-corrected chi connectivity index (χ0v) is 18.5. The van der Waals surface area contributed by atoms with E-state index in [-0.39, 0.29) is 6.61 Å². The van der Waals surface area contributed by atoms with Crippen LogP contribution in [0.5, 0.6) is 0 Å². The highest BCUT2D eigenvalue weighted by molar-refractivity contribution is 7.97. The highest BCUT2D eigenvalue weighted by Gasteiger charge is 2.52. The molecule has 0 unspecified atom stereocenters. The van der Waals surface area contributed by atoms with E-state index in [2.05, 4.69) is 4.31 Å². The maximum absolute atomic E-state index is 11.8. The summed E-state index contributed by atoms with van der Waals surface area (Å²) < 4.78 is 29.5. The molecule has 2 aliphatic heterocycles. The molecule has 0 bridgehead atoms. The van der Waals surface area contributed by atoms with Gasteiger partial charge in [-0.1, -0.05) is 6.42 Å². The molecule has 2 fully saturated rings. The first-order valence-corrected chi connectivity index (χ1v) is 10.7. The Morgan fingerprint density at radius 1 is 0.800 bits per heavy atom. The van der Waals surface area contributed by atoms with Crippen LogP contribution in [-0.4, -0.2) is 77.7 Å². The van der Waals surface area contributed by atoms with Crippen LogP contribution in [0.4, 0.5) is 0 Å². The summed E-state index contributed by atoms with van der Waals surface area (Å²) in [6.07, 6.45) is -0.973. The van der Waals surface area contributed by atoms with Crippen molar-refractivity contribution in [3.8, 4) is 0 Å². The molecule has 2 saturated heterocycles. The lowest BCUT2D eigenvalue weighted by molar-refractivity contribution is -0.237. The number of hydrogen-bond donors (Lipinski definition) is 0. The smallest absolute Gasteiger partial charge is 0.303 e. The van der Waals surface area contributed by atoms with E-state index in [0.29, 0.717) is 0 Å². The van der Waals surface area contributed by atoms with Crippen LogP contribution in [0.15, 0.2) is 0 Å². The van der Waals surface area contributed by atoms with Crippen molar-refractivity contribution in [2.24, 2.45) is 0 Å². The fraction of sp³-hybridized carbons (Fsp3) is 0.789. The molecule has 0 aromatic carbocycles. The SMILES string of the molecule is CC(=O)OC[C@H]1O[C@@H](SN2CCCCC2)[C@H](OC(C)=O)[C@@H](OC(C)=O)[C@@H]1OC(C)=O. The zero-order valence-electron chi connectivity index (χ0n) is 17.7. The third-order valence-electron chi connectivity index (χ3n) is 4.52. The monoisotopic (exact) mass is 447 g/mol. The van der Waals surface area contributed by atoms with E-state index in [1.807, 2.05) is 0 Å². The summed E-state index contributed by atoms with van der Waals surface area (Å²) in [4.78, 5) is 46.6. The van der Waals surface area contributed by atoms with Gasteiger partial charge >= 0.3 is 23.9 Å². The minimum atomic E-state index is -1.12. The Hall–Kier alpha value is -1.85. The molecule has 0 aliphatic carbocycles. The molecule has 170 valence electrons. The van der Waals surface area contributed by atoms with Crippen molar-refractivity contribution >= 4 is 35.8 Å². The van der Waals surface area contributed by atoms with E-state index in [9.17, 15) is 19.2 Å². The normalized spacial score (nSPS) is 29.5. The lowest BCUT2D eigenvalue weighted by Gasteiger charge is -2.45. The molecule has 2 aliphatic rings. The Morgan fingerprint density at radius 2 is 1.33 bits per heavy atom. The number of hydrogen-bond acceptors (Lipinski definition) is 11. The van der Waals surface area contributed by atoms with Crippen molar-refractivity contribution in [1.29, 1.82) is 0 Å². The van der Waals surface area contributed by atoms with E-state index >= 15 is 0 Å². The van der Waals surface area contributed by atoms with Crippen molar-refractivity contribution in [3.05, 3.63) is 0 Å². The molecule has 0 saturated carbocycles. The largest absolute Gasteiger partial charge is 0.463 e. The number of carbonyl (C=O) groups excluding carboxylic acids is 4. The minimum Gasteiger partial charge on any atom is -0.463 e. The quantitative estimate of drug-likeness (QED) is 0.318. The van der Waals surface area contributed by atoms with E-state index in [1.54, 1.807) is 0 Å². The second kappa shape index (κ2) is 11.5. The molecular formula is C19H29NO9S. The second-order valence-electron chi connectivity index (χ2n) is 7.16. The van der Waals surface area contributed by atoms with Gasteiger partial charge in [-0.25, -0.2) is 4.31 Å². The lowest BCUT2D eigenvalue weighted by Crippen LogP contribution is -2.62. The third-order valence-corrected chi connectivity index (χ3v) is 5.77. The van der Waals surface area contributed by atoms with Gasteiger partial charge in [0.05, 0.1) is 0 Å². The predicted octanol–water partition coefficient (Wildman–Crippen LogP) is 1.20. The molecule has 30 heavy (non-hydrogen) atoms. The van der Waals surface area contributed by atoms with Gasteiger partial charge in [-0.05, 0) is 24.8 Å². The maximum Gasteiger partial charge on any atom is 0.303 e. The summed E-state index contributed by atoms with van der Waals surface area (Å²) in [6, 6.07) is 0. The number of ether oxygens (including phenoxy) is 5. The standard InChI is InChI=1S/C19H29NO9S/c1-11(21)25-10-15-16(26-12(2)22)17(27-13(3)23)18(28-14(4)24)19(29-15)30-20-8-6-5-7-9-20/h15-19H,5-10H2,1-4H3/t15-,16-,17+,18-,19+/m1/s1. The van der Waals surface area contributed by atoms with E-state index in [4.69, 9.17) is 23.7 Å².